The van der Waals surface area contributed by atoms with Crippen molar-refractivity contribution in [2.24, 2.45) is 7.05 Å². The molecule has 1 heterocycles. The molecule has 2 aromatic rings. The standard InChI is InChI=1S/C12H13N/c1-3-4-10-5-6-11-7-8-13(2)12(11)9-10/h3,5-9H,1,4H2,2H3. The summed E-state index contributed by atoms with van der Waals surface area (Å²) in [5.41, 5.74) is 2.61. The maximum atomic E-state index is 3.74. The first-order valence-electron chi connectivity index (χ1n) is 4.46. The Kier molecular flexibility index (Phi) is 1.93. The molecule has 0 N–H and O–H groups in total. The lowest BCUT2D eigenvalue weighted by Gasteiger charge is -1.99. The average Bonchev–Trinajstić information content (AvgIpc) is 2.49. The summed E-state index contributed by atoms with van der Waals surface area (Å²) in [4.78, 5) is 0. The molecule has 1 nitrogen and oxygen atoms in total. The zero-order valence-electron chi connectivity index (χ0n) is 7.83. The van der Waals surface area contributed by atoms with E-state index in [1.54, 1.807) is 0 Å². The first-order valence-corrected chi connectivity index (χ1v) is 4.46. The van der Waals surface area contributed by atoms with Gasteiger partial charge in [0.1, 0.15) is 0 Å². The smallest absolute Gasteiger partial charge is 0.0480 e. The lowest BCUT2D eigenvalue weighted by atomic mass is 10.1. The molecule has 2 rings (SSSR count). The summed E-state index contributed by atoms with van der Waals surface area (Å²) >= 11 is 0. The second kappa shape index (κ2) is 3.09. The summed E-state index contributed by atoms with van der Waals surface area (Å²) in [6.45, 7) is 3.74. The fraction of sp³-hybridized carbons (Fsp3) is 0.167. The first kappa shape index (κ1) is 8.11. The van der Waals surface area contributed by atoms with Crippen LogP contribution in [0.1, 0.15) is 5.56 Å². The minimum Gasteiger partial charge on any atom is -0.351 e. The Labute approximate surface area is 78.3 Å². The van der Waals surface area contributed by atoms with Crippen LogP contribution in [0.25, 0.3) is 10.9 Å². The second-order valence-corrected chi connectivity index (χ2v) is 3.31. The van der Waals surface area contributed by atoms with E-state index in [9.17, 15) is 0 Å². The van der Waals surface area contributed by atoms with Crippen LogP contribution in [0.4, 0.5) is 0 Å². The Bertz CT molecular complexity index is 437. The van der Waals surface area contributed by atoms with Crippen molar-refractivity contribution in [3.8, 4) is 0 Å². The van der Waals surface area contributed by atoms with Crippen LogP contribution in [0.2, 0.25) is 0 Å². The minimum absolute atomic E-state index is 0.946. The van der Waals surface area contributed by atoms with Gasteiger partial charge in [0.15, 0.2) is 0 Å². The van der Waals surface area contributed by atoms with Gasteiger partial charge in [-0.15, -0.1) is 6.58 Å². The quantitative estimate of drug-likeness (QED) is 0.612. The van der Waals surface area contributed by atoms with E-state index in [2.05, 4.69) is 48.7 Å². The highest BCUT2D eigenvalue weighted by Gasteiger charge is 1.97. The van der Waals surface area contributed by atoms with Crippen molar-refractivity contribution in [3.63, 3.8) is 0 Å². The normalized spacial score (nSPS) is 10.5. The monoisotopic (exact) mass is 171 g/mol. The van der Waals surface area contributed by atoms with E-state index < -0.39 is 0 Å². The van der Waals surface area contributed by atoms with Gasteiger partial charge in [0, 0.05) is 18.8 Å². The van der Waals surface area contributed by atoms with Crippen LogP contribution in [0.3, 0.4) is 0 Å². The van der Waals surface area contributed by atoms with Crippen molar-refractivity contribution in [1.29, 1.82) is 0 Å². The Morgan fingerprint density at radius 3 is 3.00 bits per heavy atom. The van der Waals surface area contributed by atoms with E-state index in [0.717, 1.165) is 6.42 Å². The van der Waals surface area contributed by atoms with Crippen LogP contribution in [0.5, 0.6) is 0 Å². The largest absolute Gasteiger partial charge is 0.351 e. The summed E-state index contributed by atoms with van der Waals surface area (Å²) in [5.74, 6) is 0. The molecule has 0 aliphatic heterocycles. The number of rotatable bonds is 2. The molecule has 0 aliphatic carbocycles. The molecule has 13 heavy (non-hydrogen) atoms. The van der Waals surface area contributed by atoms with Crippen LogP contribution >= 0.6 is 0 Å². The second-order valence-electron chi connectivity index (χ2n) is 3.31. The fourth-order valence-corrected chi connectivity index (χ4v) is 1.60. The summed E-state index contributed by atoms with van der Waals surface area (Å²) in [6, 6.07) is 8.67. The molecule has 0 saturated carbocycles. The van der Waals surface area contributed by atoms with E-state index in [4.69, 9.17) is 0 Å². The topological polar surface area (TPSA) is 4.93 Å². The molecular formula is C12H13N. The predicted octanol–water partition coefficient (Wildman–Crippen LogP) is 2.91. The third-order valence-electron chi connectivity index (χ3n) is 2.33. The molecule has 0 radical (unpaired) electrons. The van der Waals surface area contributed by atoms with Crippen molar-refractivity contribution in [2.45, 2.75) is 6.42 Å². The van der Waals surface area contributed by atoms with E-state index in [1.165, 1.54) is 16.5 Å². The molecule has 66 valence electrons. The number of benzene rings is 1. The first-order chi connectivity index (χ1) is 6.31. The van der Waals surface area contributed by atoms with E-state index in [0.29, 0.717) is 0 Å². The zero-order chi connectivity index (χ0) is 9.26. The van der Waals surface area contributed by atoms with Crippen molar-refractivity contribution < 1.29 is 0 Å². The van der Waals surface area contributed by atoms with Crippen molar-refractivity contribution in [3.05, 3.63) is 48.7 Å². The number of hydrogen-bond donors (Lipinski definition) is 0. The molecule has 0 spiro atoms. The Morgan fingerprint density at radius 1 is 1.38 bits per heavy atom. The number of hydrogen-bond acceptors (Lipinski definition) is 0. The third kappa shape index (κ3) is 1.37. The van der Waals surface area contributed by atoms with Crippen molar-refractivity contribution >= 4 is 10.9 Å². The average molecular weight is 171 g/mol. The SMILES string of the molecule is C=CCc1ccc2ccn(C)c2c1. The highest BCUT2D eigenvalue weighted by Crippen LogP contribution is 2.16. The molecular weight excluding hydrogens is 158 g/mol. The molecule has 1 heteroatoms. The van der Waals surface area contributed by atoms with Crippen LogP contribution in [-0.4, -0.2) is 4.57 Å². The number of allylic oxidation sites excluding steroid dienone is 1. The van der Waals surface area contributed by atoms with Crippen LogP contribution in [0.15, 0.2) is 43.1 Å². The molecule has 1 aromatic heterocycles. The van der Waals surface area contributed by atoms with Crippen LogP contribution in [0, 0.1) is 0 Å². The summed E-state index contributed by atoms with van der Waals surface area (Å²) < 4.78 is 2.14. The summed E-state index contributed by atoms with van der Waals surface area (Å²) in [6.07, 6.45) is 4.97. The van der Waals surface area contributed by atoms with Gasteiger partial charge in [0.2, 0.25) is 0 Å². The van der Waals surface area contributed by atoms with Crippen molar-refractivity contribution in [1.82, 2.24) is 4.57 Å². The maximum Gasteiger partial charge on any atom is 0.0480 e. The van der Waals surface area contributed by atoms with E-state index >= 15 is 0 Å². The van der Waals surface area contributed by atoms with Gasteiger partial charge in [0.05, 0.1) is 0 Å². The highest BCUT2D eigenvalue weighted by molar-refractivity contribution is 5.80. The summed E-state index contributed by atoms with van der Waals surface area (Å²) in [7, 11) is 2.07. The lowest BCUT2D eigenvalue weighted by Crippen LogP contribution is -1.86. The molecule has 0 unspecified atom stereocenters. The number of fused-ring (bicyclic) bond motifs is 1. The molecule has 0 atom stereocenters. The predicted molar refractivity (Wildman–Crippen MR) is 56.8 cm³/mol. The number of nitrogens with zero attached hydrogens (tertiary/aromatic N) is 1. The molecule has 0 fully saturated rings. The highest BCUT2D eigenvalue weighted by atomic mass is 14.9. The van der Waals surface area contributed by atoms with Gasteiger partial charge >= 0.3 is 0 Å². The molecule has 0 aliphatic rings. The molecule has 1 aromatic carbocycles. The summed E-state index contributed by atoms with van der Waals surface area (Å²) in [5, 5.41) is 1.30. The maximum absolute atomic E-state index is 3.74. The minimum atomic E-state index is 0.946. The third-order valence-corrected chi connectivity index (χ3v) is 2.33. The van der Waals surface area contributed by atoms with Gasteiger partial charge in [0.25, 0.3) is 0 Å². The molecule has 0 saturated heterocycles. The zero-order valence-corrected chi connectivity index (χ0v) is 7.83. The fourth-order valence-electron chi connectivity index (χ4n) is 1.60. The number of aryl methyl sites for hydroxylation is 1. The Balaban J connectivity index is 2.58. The van der Waals surface area contributed by atoms with Gasteiger partial charge in [-0.25, -0.2) is 0 Å². The van der Waals surface area contributed by atoms with Gasteiger partial charge in [-0.2, -0.15) is 0 Å². The van der Waals surface area contributed by atoms with Crippen molar-refractivity contribution in [2.75, 3.05) is 0 Å². The lowest BCUT2D eigenvalue weighted by molar-refractivity contribution is 0.968. The van der Waals surface area contributed by atoms with Gasteiger partial charge in [-0.05, 0) is 29.5 Å². The van der Waals surface area contributed by atoms with Gasteiger partial charge < -0.3 is 4.57 Å². The Morgan fingerprint density at radius 2 is 2.23 bits per heavy atom. The van der Waals surface area contributed by atoms with Crippen LogP contribution < -0.4 is 0 Å². The van der Waals surface area contributed by atoms with Gasteiger partial charge in [-0.3, -0.25) is 0 Å². The van der Waals surface area contributed by atoms with Gasteiger partial charge in [-0.1, -0.05) is 18.2 Å². The van der Waals surface area contributed by atoms with Crippen LogP contribution in [-0.2, 0) is 13.5 Å². The number of aromatic nitrogens is 1. The van der Waals surface area contributed by atoms with E-state index in [1.807, 2.05) is 6.08 Å². The molecule has 0 amide bonds. The Hall–Kier alpha value is -1.50. The molecule has 0 bridgehead atoms. The van der Waals surface area contributed by atoms with E-state index in [-0.39, 0.29) is 0 Å².